The number of pyridine rings is 1. The smallest absolute Gasteiger partial charge is 0.433 e. The number of carbonyl (C=O) groups excluding carboxylic acids is 1. The molecule has 2 heterocycles. The largest absolute Gasteiger partial charge is 0.478 e. The summed E-state index contributed by atoms with van der Waals surface area (Å²) in [6, 6.07) is 3.24. The Bertz CT molecular complexity index is 1150. The van der Waals surface area contributed by atoms with Gasteiger partial charge >= 0.3 is 12.1 Å². The summed E-state index contributed by atoms with van der Waals surface area (Å²) in [5.74, 6) is -2.13. The van der Waals surface area contributed by atoms with Crippen LogP contribution in [0.25, 0.3) is 10.9 Å². The minimum atomic E-state index is -4.64. The number of nitrogens with zero attached hydrogens (tertiary/aromatic N) is 2. The number of benzene rings is 1. The van der Waals surface area contributed by atoms with Gasteiger partial charge in [-0.05, 0) is 37.6 Å². The molecule has 2 aromatic heterocycles. The highest BCUT2D eigenvalue weighted by Crippen LogP contribution is 2.35. The van der Waals surface area contributed by atoms with E-state index in [1.807, 2.05) is 0 Å². The van der Waals surface area contributed by atoms with Crippen LogP contribution in [0.1, 0.15) is 37.7 Å². The second-order valence-corrected chi connectivity index (χ2v) is 6.85. The predicted molar refractivity (Wildman–Crippen MR) is 97.4 cm³/mol. The molecule has 1 aromatic carbocycles. The van der Waals surface area contributed by atoms with Gasteiger partial charge in [-0.3, -0.25) is 9.36 Å². The molecule has 3 rings (SSSR count). The predicted octanol–water partition coefficient (Wildman–Crippen LogP) is 5.37. The molecule has 0 aliphatic heterocycles. The second-order valence-electron chi connectivity index (χ2n) is 6.06. The van der Waals surface area contributed by atoms with Crippen LogP contribution in [0.5, 0.6) is 0 Å². The standard InChI is InChI=1S/C18H11Cl2F3N2O3/c1-7-6-25(15-8(2)24-12(5-10(7)15)18(21,22)23)16(26)13-11(19)4-3-9(14(13)20)17(27)28/h3-6H,1-2H3,(H,27,28). The molecule has 0 spiro atoms. The fourth-order valence-electron chi connectivity index (χ4n) is 2.94. The van der Waals surface area contributed by atoms with Crippen LogP contribution in [0.3, 0.4) is 0 Å². The molecule has 0 atom stereocenters. The van der Waals surface area contributed by atoms with Crippen molar-refractivity contribution in [3.63, 3.8) is 0 Å². The van der Waals surface area contributed by atoms with Crippen molar-refractivity contribution in [2.75, 3.05) is 0 Å². The number of aromatic nitrogens is 2. The van der Waals surface area contributed by atoms with Crippen molar-refractivity contribution >= 4 is 46.0 Å². The van der Waals surface area contributed by atoms with Gasteiger partial charge in [-0.1, -0.05) is 23.2 Å². The Morgan fingerprint density at radius 2 is 1.82 bits per heavy atom. The van der Waals surface area contributed by atoms with Crippen LogP contribution >= 0.6 is 23.2 Å². The van der Waals surface area contributed by atoms with Crippen LogP contribution in [0.2, 0.25) is 10.0 Å². The third kappa shape index (κ3) is 3.22. The minimum absolute atomic E-state index is 0.0205. The summed E-state index contributed by atoms with van der Waals surface area (Å²) in [7, 11) is 0. The van der Waals surface area contributed by atoms with Gasteiger partial charge in [0, 0.05) is 11.6 Å². The summed E-state index contributed by atoms with van der Waals surface area (Å²) < 4.78 is 40.2. The van der Waals surface area contributed by atoms with Gasteiger partial charge in [0.25, 0.3) is 5.91 Å². The topological polar surface area (TPSA) is 72.2 Å². The number of carbonyl (C=O) groups is 2. The van der Waals surface area contributed by atoms with Crippen LogP contribution in [0.4, 0.5) is 13.2 Å². The van der Waals surface area contributed by atoms with E-state index < -0.39 is 23.7 Å². The molecule has 0 unspecified atom stereocenters. The van der Waals surface area contributed by atoms with Crippen molar-refractivity contribution in [2.45, 2.75) is 20.0 Å². The van der Waals surface area contributed by atoms with Gasteiger partial charge in [-0.25, -0.2) is 9.78 Å². The fourth-order valence-corrected chi connectivity index (χ4v) is 3.55. The molecule has 3 aromatic rings. The first kappa shape index (κ1) is 20.2. The molecule has 0 aliphatic rings. The van der Waals surface area contributed by atoms with Gasteiger partial charge in [0.05, 0.1) is 32.4 Å². The number of aryl methyl sites for hydroxylation is 2. The summed E-state index contributed by atoms with van der Waals surface area (Å²) in [5.41, 5.74) is -1.12. The molecule has 0 radical (unpaired) electrons. The van der Waals surface area contributed by atoms with E-state index in [1.54, 1.807) is 6.92 Å². The quantitative estimate of drug-likeness (QED) is 0.593. The molecule has 28 heavy (non-hydrogen) atoms. The monoisotopic (exact) mass is 430 g/mol. The molecule has 5 nitrogen and oxygen atoms in total. The summed E-state index contributed by atoms with van der Waals surface area (Å²) >= 11 is 12.1. The Morgan fingerprint density at radius 1 is 1.18 bits per heavy atom. The first-order valence-corrected chi connectivity index (χ1v) is 8.51. The number of aromatic carboxylic acids is 1. The Labute approximate surface area is 166 Å². The van der Waals surface area contributed by atoms with Crippen LogP contribution < -0.4 is 0 Å². The maximum absolute atomic E-state index is 13.1. The van der Waals surface area contributed by atoms with Gasteiger partial charge in [0.2, 0.25) is 0 Å². The molecule has 146 valence electrons. The van der Waals surface area contributed by atoms with E-state index in [2.05, 4.69) is 4.98 Å². The number of hydrogen-bond donors (Lipinski definition) is 1. The van der Waals surface area contributed by atoms with Gasteiger partial charge in [0.1, 0.15) is 5.69 Å². The molecular weight excluding hydrogens is 420 g/mol. The molecular formula is C18H11Cl2F3N2O3. The number of carboxylic acid groups (broad SMARTS) is 1. The van der Waals surface area contributed by atoms with E-state index in [4.69, 9.17) is 23.2 Å². The van der Waals surface area contributed by atoms with Crippen LogP contribution in [0, 0.1) is 13.8 Å². The highest BCUT2D eigenvalue weighted by molar-refractivity contribution is 6.41. The van der Waals surface area contributed by atoms with Gasteiger partial charge in [-0.2, -0.15) is 13.2 Å². The summed E-state index contributed by atoms with van der Waals surface area (Å²) in [4.78, 5) is 27.9. The lowest BCUT2D eigenvalue weighted by Crippen LogP contribution is -2.15. The molecule has 0 fully saturated rings. The maximum Gasteiger partial charge on any atom is 0.433 e. The first-order chi connectivity index (χ1) is 12.9. The third-order valence-electron chi connectivity index (χ3n) is 4.20. The lowest BCUT2D eigenvalue weighted by atomic mass is 10.1. The van der Waals surface area contributed by atoms with E-state index >= 15 is 0 Å². The van der Waals surface area contributed by atoms with Gasteiger partial charge in [0.15, 0.2) is 0 Å². The molecule has 0 saturated carbocycles. The number of rotatable bonds is 2. The van der Waals surface area contributed by atoms with E-state index in [0.717, 1.165) is 16.7 Å². The molecule has 1 N–H and O–H groups in total. The van der Waals surface area contributed by atoms with E-state index in [0.29, 0.717) is 5.56 Å². The van der Waals surface area contributed by atoms with Crippen LogP contribution in [0.15, 0.2) is 24.4 Å². The SMILES string of the molecule is Cc1cn(C(=O)c2c(Cl)ccc(C(=O)O)c2Cl)c2c(C)nc(C(F)(F)F)cc12. The van der Waals surface area contributed by atoms with Crippen molar-refractivity contribution in [2.24, 2.45) is 0 Å². The van der Waals surface area contributed by atoms with Crippen molar-refractivity contribution < 1.29 is 27.9 Å². The number of halogens is 5. The van der Waals surface area contributed by atoms with Crippen molar-refractivity contribution in [3.8, 4) is 0 Å². The Morgan fingerprint density at radius 3 is 2.39 bits per heavy atom. The molecule has 0 bridgehead atoms. The second kappa shape index (κ2) is 6.79. The Kier molecular flexibility index (Phi) is 4.89. The van der Waals surface area contributed by atoms with Crippen LogP contribution in [-0.2, 0) is 6.18 Å². The van der Waals surface area contributed by atoms with Gasteiger partial charge < -0.3 is 5.11 Å². The third-order valence-corrected chi connectivity index (χ3v) is 4.91. The summed E-state index contributed by atoms with van der Waals surface area (Å²) in [5, 5.41) is 8.94. The molecule has 10 heteroatoms. The zero-order chi connectivity index (χ0) is 21.0. The zero-order valence-electron chi connectivity index (χ0n) is 14.4. The fraction of sp³-hybridized carbons (Fsp3) is 0.167. The normalized spacial score (nSPS) is 11.8. The summed E-state index contributed by atoms with van der Waals surface area (Å²) in [6.45, 7) is 2.89. The number of alkyl halides is 3. The number of carboxylic acids is 1. The molecule has 0 saturated heterocycles. The van der Waals surface area contributed by atoms with Crippen molar-refractivity contribution in [1.82, 2.24) is 9.55 Å². The maximum atomic E-state index is 13.1. The average Bonchev–Trinajstić information content (AvgIpc) is 2.91. The lowest BCUT2D eigenvalue weighted by Gasteiger charge is -2.12. The Balaban J connectivity index is 2.28. The van der Waals surface area contributed by atoms with E-state index in [1.165, 1.54) is 19.2 Å². The highest BCUT2D eigenvalue weighted by atomic mass is 35.5. The van der Waals surface area contributed by atoms with E-state index in [9.17, 15) is 27.9 Å². The minimum Gasteiger partial charge on any atom is -0.478 e. The average molecular weight is 431 g/mol. The first-order valence-electron chi connectivity index (χ1n) is 7.76. The van der Waals surface area contributed by atoms with Crippen molar-refractivity contribution in [3.05, 3.63) is 62.5 Å². The van der Waals surface area contributed by atoms with Crippen LogP contribution in [-0.4, -0.2) is 26.5 Å². The molecule has 0 aliphatic carbocycles. The van der Waals surface area contributed by atoms with Crippen molar-refractivity contribution in [1.29, 1.82) is 0 Å². The van der Waals surface area contributed by atoms with E-state index in [-0.39, 0.29) is 37.8 Å². The lowest BCUT2D eigenvalue weighted by molar-refractivity contribution is -0.141. The number of hydrogen-bond acceptors (Lipinski definition) is 3. The highest BCUT2D eigenvalue weighted by Gasteiger charge is 2.34. The number of fused-ring (bicyclic) bond motifs is 1. The zero-order valence-corrected chi connectivity index (χ0v) is 15.9. The van der Waals surface area contributed by atoms with Gasteiger partial charge in [-0.15, -0.1) is 0 Å². The summed E-state index contributed by atoms with van der Waals surface area (Å²) in [6.07, 6.45) is -3.30. The molecule has 0 amide bonds. The Hall–Kier alpha value is -2.58.